The van der Waals surface area contributed by atoms with Crippen LogP contribution in [-0.2, 0) is 5.41 Å². The van der Waals surface area contributed by atoms with Crippen LogP contribution < -0.4 is 0 Å². The van der Waals surface area contributed by atoms with E-state index in [2.05, 4.69) is 190 Å². The topological polar surface area (TPSA) is 38.9 Å². The third kappa shape index (κ3) is 4.68. The van der Waals surface area contributed by atoms with Crippen molar-refractivity contribution in [1.82, 2.24) is 9.97 Å². The third-order valence-electron chi connectivity index (χ3n) is 12.5. The van der Waals surface area contributed by atoms with Gasteiger partial charge in [-0.15, -0.1) is 0 Å². The van der Waals surface area contributed by atoms with Crippen molar-refractivity contribution in [2.45, 2.75) is 19.3 Å². The van der Waals surface area contributed by atoms with Crippen LogP contribution in [0.1, 0.15) is 25.0 Å². The molecule has 0 radical (unpaired) electrons. The molecule has 0 fully saturated rings. The Balaban J connectivity index is 1.02. The van der Waals surface area contributed by atoms with Gasteiger partial charge in [0.15, 0.2) is 0 Å². The van der Waals surface area contributed by atoms with Gasteiger partial charge >= 0.3 is 0 Å². The second-order valence-corrected chi connectivity index (χ2v) is 16.0. The maximum absolute atomic E-state index is 7.10. The number of aromatic nitrogens is 2. The van der Waals surface area contributed by atoms with Crippen molar-refractivity contribution in [2.75, 3.05) is 0 Å². The normalized spacial score (nSPS) is 13.1. The molecule has 2 heterocycles. The summed E-state index contributed by atoms with van der Waals surface area (Å²) in [5.74, 6) is 0. The molecule has 12 rings (SSSR count). The van der Waals surface area contributed by atoms with Crippen LogP contribution in [0.4, 0.5) is 0 Å². The quantitative estimate of drug-likeness (QED) is 0.169. The first-order valence-corrected chi connectivity index (χ1v) is 20.0. The van der Waals surface area contributed by atoms with E-state index in [9.17, 15) is 0 Å². The maximum Gasteiger partial charge on any atom is 0.143 e. The minimum atomic E-state index is -0.151. The van der Waals surface area contributed by atoms with Crippen LogP contribution in [0.5, 0.6) is 0 Å². The van der Waals surface area contributed by atoms with E-state index in [1.807, 2.05) is 6.20 Å². The van der Waals surface area contributed by atoms with Gasteiger partial charge in [-0.05, 0) is 61.3 Å². The first-order valence-electron chi connectivity index (χ1n) is 20.0. The molecule has 0 amide bonds. The molecule has 0 unspecified atom stereocenters. The standard InChI is InChI=1S/C55H36N2O/c1-55(2)46-29-13-23-36(33-15-4-3-5-16-33)49(46)50-40(25-14-30-47(50)55)43-26-12-28-45-44-27-11-24-37(53(44)58-54(43)45)34-17-10-18-35(31-34)48-32-56-51-41-21-8-6-19-38(41)39-20-7-9-22-42(39)52(51)57-48/h3-32H,1-2H3. The zero-order valence-electron chi connectivity index (χ0n) is 32.1. The Morgan fingerprint density at radius 3 is 1.62 bits per heavy atom. The minimum absolute atomic E-state index is 0.151. The molecule has 1 aliphatic rings. The van der Waals surface area contributed by atoms with Crippen molar-refractivity contribution in [2.24, 2.45) is 0 Å². The maximum atomic E-state index is 7.10. The van der Waals surface area contributed by atoms with E-state index in [1.54, 1.807) is 0 Å². The van der Waals surface area contributed by atoms with Crippen molar-refractivity contribution >= 4 is 54.5 Å². The molecule has 58 heavy (non-hydrogen) atoms. The van der Waals surface area contributed by atoms with Gasteiger partial charge in [0.1, 0.15) is 11.2 Å². The van der Waals surface area contributed by atoms with Crippen LogP contribution in [0.3, 0.4) is 0 Å². The van der Waals surface area contributed by atoms with Crippen molar-refractivity contribution in [3.8, 4) is 55.8 Å². The smallest absolute Gasteiger partial charge is 0.143 e. The molecular formula is C55H36N2O. The number of fused-ring (bicyclic) bond motifs is 12. The molecule has 11 aromatic rings. The number of benzene rings is 9. The van der Waals surface area contributed by atoms with Gasteiger partial charge in [-0.1, -0.05) is 184 Å². The van der Waals surface area contributed by atoms with Gasteiger partial charge in [0.25, 0.3) is 0 Å². The van der Waals surface area contributed by atoms with Gasteiger partial charge in [0.2, 0.25) is 0 Å². The Morgan fingerprint density at radius 2 is 0.897 bits per heavy atom. The lowest BCUT2D eigenvalue weighted by molar-refractivity contribution is 0.660. The Hall–Kier alpha value is -7.36. The summed E-state index contributed by atoms with van der Waals surface area (Å²) in [5.41, 5.74) is 17.5. The lowest BCUT2D eigenvalue weighted by Crippen LogP contribution is -2.14. The predicted molar refractivity (Wildman–Crippen MR) is 241 cm³/mol. The number of para-hydroxylation sites is 2. The highest BCUT2D eigenvalue weighted by Crippen LogP contribution is 2.56. The fraction of sp³-hybridized carbons (Fsp3) is 0.0545. The number of hydrogen-bond donors (Lipinski definition) is 0. The zero-order chi connectivity index (χ0) is 38.5. The highest BCUT2D eigenvalue weighted by Gasteiger charge is 2.38. The first kappa shape index (κ1) is 32.8. The van der Waals surface area contributed by atoms with Crippen LogP contribution in [0, 0.1) is 0 Å². The lowest BCUT2D eigenvalue weighted by atomic mass is 9.81. The summed E-state index contributed by atoms with van der Waals surface area (Å²) in [6, 6.07) is 63.0. The summed E-state index contributed by atoms with van der Waals surface area (Å²) in [6.45, 7) is 4.71. The van der Waals surface area contributed by atoms with Gasteiger partial charge in [-0.3, -0.25) is 4.98 Å². The van der Waals surface area contributed by atoms with Gasteiger partial charge in [0.05, 0.1) is 22.9 Å². The lowest BCUT2D eigenvalue weighted by Gasteiger charge is -2.21. The summed E-state index contributed by atoms with van der Waals surface area (Å²) in [7, 11) is 0. The summed E-state index contributed by atoms with van der Waals surface area (Å²) >= 11 is 0. The second kappa shape index (κ2) is 12.3. The second-order valence-electron chi connectivity index (χ2n) is 16.0. The van der Waals surface area contributed by atoms with E-state index >= 15 is 0 Å². The Morgan fingerprint density at radius 1 is 0.397 bits per heavy atom. The highest BCUT2D eigenvalue weighted by atomic mass is 16.3. The van der Waals surface area contributed by atoms with Crippen LogP contribution in [0.2, 0.25) is 0 Å². The summed E-state index contributed by atoms with van der Waals surface area (Å²) in [6.07, 6.45) is 1.91. The van der Waals surface area contributed by atoms with E-state index in [1.165, 1.54) is 49.7 Å². The molecule has 272 valence electrons. The van der Waals surface area contributed by atoms with Crippen molar-refractivity contribution in [1.29, 1.82) is 0 Å². The van der Waals surface area contributed by atoms with Crippen LogP contribution in [0.15, 0.2) is 187 Å². The minimum Gasteiger partial charge on any atom is -0.455 e. The largest absolute Gasteiger partial charge is 0.455 e. The van der Waals surface area contributed by atoms with Gasteiger partial charge < -0.3 is 4.42 Å². The number of nitrogens with zero attached hydrogens (tertiary/aromatic N) is 2. The van der Waals surface area contributed by atoms with Crippen molar-refractivity contribution in [3.63, 3.8) is 0 Å². The van der Waals surface area contributed by atoms with E-state index in [4.69, 9.17) is 14.4 Å². The molecule has 1 aliphatic carbocycles. The number of hydrogen-bond acceptors (Lipinski definition) is 3. The Labute approximate surface area is 335 Å². The number of furan rings is 1. The molecule has 0 saturated heterocycles. The molecular weight excluding hydrogens is 705 g/mol. The van der Waals surface area contributed by atoms with Crippen molar-refractivity contribution in [3.05, 3.63) is 193 Å². The molecule has 3 heteroatoms. The Bertz CT molecular complexity index is 3450. The molecule has 0 spiro atoms. The zero-order valence-corrected chi connectivity index (χ0v) is 32.1. The molecule has 0 bridgehead atoms. The van der Waals surface area contributed by atoms with Gasteiger partial charge in [0, 0.05) is 43.7 Å². The molecule has 0 atom stereocenters. The van der Waals surface area contributed by atoms with Crippen molar-refractivity contribution < 1.29 is 4.42 Å². The average molecular weight is 741 g/mol. The first-order chi connectivity index (χ1) is 28.5. The predicted octanol–water partition coefficient (Wildman–Crippen LogP) is 14.8. The SMILES string of the molecule is CC1(C)c2cccc(-c3ccccc3)c2-c2c(-c3cccc4c3oc3c(-c5cccc(-c6cnc7c8ccccc8c8ccccc8c7n6)c5)cccc34)cccc21. The highest BCUT2D eigenvalue weighted by molar-refractivity contribution is 6.23. The van der Waals surface area contributed by atoms with E-state index < -0.39 is 0 Å². The molecule has 9 aromatic carbocycles. The molecule has 3 nitrogen and oxygen atoms in total. The fourth-order valence-electron chi connectivity index (χ4n) is 9.78. The van der Waals surface area contributed by atoms with Crippen LogP contribution >= 0.6 is 0 Å². The van der Waals surface area contributed by atoms with Crippen LogP contribution in [-0.4, -0.2) is 9.97 Å². The Kier molecular flexibility index (Phi) is 6.98. The van der Waals surface area contributed by atoms with E-state index in [0.717, 1.165) is 71.7 Å². The molecule has 2 aromatic heterocycles. The van der Waals surface area contributed by atoms with Gasteiger partial charge in [-0.2, -0.15) is 0 Å². The third-order valence-corrected chi connectivity index (χ3v) is 12.5. The van der Waals surface area contributed by atoms with E-state index in [-0.39, 0.29) is 5.41 Å². The summed E-state index contributed by atoms with van der Waals surface area (Å²) < 4.78 is 7.10. The van der Waals surface area contributed by atoms with Gasteiger partial charge in [-0.25, -0.2) is 4.98 Å². The summed E-state index contributed by atoms with van der Waals surface area (Å²) in [5, 5.41) is 6.81. The number of rotatable bonds is 4. The molecule has 0 saturated carbocycles. The monoisotopic (exact) mass is 740 g/mol. The molecule has 0 aliphatic heterocycles. The van der Waals surface area contributed by atoms with E-state index in [0.29, 0.717) is 0 Å². The fourth-order valence-corrected chi connectivity index (χ4v) is 9.78. The average Bonchev–Trinajstić information content (AvgIpc) is 3.79. The summed E-state index contributed by atoms with van der Waals surface area (Å²) in [4.78, 5) is 10.3. The van der Waals surface area contributed by atoms with Crippen LogP contribution in [0.25, 0.3) is 110 Å². The molecule has 0 N–H and O–H groups in total.